The first-order chi connectivity index (χ1) is 14.1. The molecule has 1 aliphatic heterocycles. The van der Waals surface area contributed by atoms with Gasteiger partial charge >= 0.3 is 0 Å². The predicted octanol–water partition coefficient (Wildman–Crippen LogP) is 1.88. The summed E-state index contributed by atoms with van der Waals surface area (Å²) >= 11 is 0. The van der Waals surface area contributed by atoms with Crippen LogP contribution in [0.1, 0.15) is 44.6 Å². The van der Waals surface area contributed by atoms with Gasteiger partial charge in [-0.05, 0) is 51.5 Å². The van der Waals surface area contributed by atoms with Gasteiger partial charge in [0.25, 0.3) is 0 Å². The number of nitrogens with one attached hydrogen (secondary N) is 2. The van der Waals surface area contributed by atoms with E-state index in [2.05, 4.69) is 20.6 Å². The summed E-state index contributed by atoms with van der Waals surface area (Å²) in [4.78, 5) is 13.7. The smallest absolute Gasteiger partial charge is 0.223 e. The van der Waals surface area contributed by atoms with Crippen molar-refractivity contribution in [1.82, 2.24) is 19.3 Å². The largest absolute Gasteiger partial charge is 0.388 e. The van der Waals surface area contributed by atoms with Crippen LogP contribution in [0.25, 0.3) is 10.9 Å². The molecule has 9 nitrogen and oxygen atoms in total. The molecule has 0 amide bonds. The van der Waals surface area contributed by atoms with Crippen LogP contribution in [-0.4, -0.2) is 69.8 Å². The molecular formula is C20H30N6O3S. The first-order valence-electron chi connectivity index (χ1n) is 10.5. The van der Waals surface area contributed by atoms with Gasteiger partial charge in [0, 0.05) is 36.9 Å². The standard InChI is InChI=1S/C20H30N6O3S/c1-13-11-21-18(24-16-5-4-8-20(16,2)27)17-15(13)12-22-19(25-17)23-14-6-9-26(10-7-14)30(3,28)29/h11-12,14,16,27H,4-10H2,1-3H3,(H,21,24)(H,22,23,25)/t16?,20-/m1/s1. The highest BCUT2D eigenvalue weighted by molar-refractivity contribution is 7.88. The fourth-order valence-corrected chi connectivity index (χ4v) is 5.25. The number of hydrogen-bond donors (Lipinski definition) is 3. The highest BCUT2D eigenvalue weighted by atomic mass is 32.2. The number of aliphatic hydroxyl groups is 1. The molecule has 4 rings (SSSR count). The third-order valence-corrected chi connectivity index (χ3v) is 7.62. The number of aromatic nitrogens is 3. The van der Waals surface area contributed by atoms with E-state index >= 15 is 0 Å². The van der Waals surface area contributed by atoms with Crippen molar-refractivity contribution in [1.29, 1.82) is 0 Å². The third-order valence-electron chi connectivity index (χ3n) is 6.32. The molecule has 2 fully saturated rings. The van der Waals surface area contributed by atoms with Gasteiger partial charge < -0.3 is 15.7 Å². The molecule has 2 atom stereocenters. The monoisotopic (exact) mass is 434 g/mol. The van der Waals surface area contributed by atoms with Gasteiger partial charge in [-0.1, -0.05) is 0 Å². The summed E-state index contributed by atoms with van der Waals surface area (Å²) in [6, 6.07) is 0.0489. The molecule has 2 aromatic heterocycles. The molecule has 3 N–H and O–H groups in total. The van der Waals surface area contributed by atoms with Crippen LogP contribution in [0, 0.1) is 6.92 Å². The van der Waals surface area contributed by atoms with Gasteiger partial charge in [0.05, 0.1) is 17.9 Å². The van der Waals surface area contributed by atoms with Crippen molar-refractivity contribution in [2.75, 3.05) is 30.0 Å². The Morgan fingerprint density at radius 2 is 1.90 bits per heavy atom. The summed E-state index contributed by atoms with van der Waals surface area (Å²) in [6.07, 6.45) is 8.88. The molecule has 0 bridgehead atoms. The Labute approximate surface area is 177 Å². The topological polar surface area (TPSA) is 120 Å². The minimum atomic E-state index is -3.15. The summed E-state index contributed by atoms with van der Waals surface area (Å²) in [5.74, 6) is 1.16. The van der Waals surface area contributed by atoms with Gasteiger partial charge in [-0.2, -0.15) is 0 Å². The second kappa shape index (κ2) is 7.90. The summed E-state index contributed by atoms with van der Waals surface area (Å²) in [5, 5.41) is 18.3. The van der Waals surface area contributed by atoms with Gasteiger partial charge in [0.1, 0.15) is 5.52 Å². The van der Waals surface area contributed by atoms with Crippen molar-refractivity contribution in [2.45, 2.75) is 63.6 Å². The van der Waals surface area contributed by atoms with Crippen LogP contribution in [-0.2, 0) is 10.0 Å². The van der Waals surface area contributed by atoms with E-state index in [9.17, 15) is 13.5 Å². The Balaban J connectivity index is 1.54. The zero-order valence-corrected chi connectivity index (χ0v) is 18.5. The Kier molecular flexibility index (Phi) is 5.58. The molecule has 1 saturated carbocycles. The van der Waals surface area contributed by atoms with Crippen molar-refractivity contribution >= 4 is 32.7 Å². The molecule has 3 heterocycles. The lowest BCUT2D eigenvalue weighted by molar-refractivity contribution is 0.0578. The van der Waals surface area contributed by atoms with E-state index in [1.165, 1.54) is 10.6 Å². The Morgan fingerprint density at radius 3 is 2.53 bits per heavy atom. The SMILES string of the molecule is Cc1cnc(NC2CCC[C@@]2(C)O)c2nc(NC3CCN(S(C)(=O)=O)CC3)ncc12. The van der Waals surface area contributed by atoms with Crippen molar-refractivity contribution in [3.8, 4) is 0 Å². The van der Waals surface area contributed by atoms with Crippen molar-refractivity contribution < 1.29 is 13.5 Å². The van der Waals surface area contributed by atoms with Crippen LogP contribution in [0.3, 0.4) is 0 Å². The number of aryl methyl sites for hydroxylation is 1. The Morgan fingerprint density at radius 1 is 1.17 bits per heavy atom. The van der Waals surface area contributed by atoms with Crippen LogP contribution >= 0.6 is 0 Å². The maximum absolute atomic E-state index is 11.7. The average molecular weight is 435 g/mol. The highest BCUT2D eigenvalue weighted by Crippen LogP contribution is 2.33. The zero-order valence-electron chi connectivity index (χ0n) is 17.7. The summed E-state index contributed by atoms with van der Waals surface area (Å²) in [7, 11) is -3.15. The van der Waals surface area contributed by atoms with Crippen LogP contribution in [0.5, 0.6) is 0 Å². The lowest BCUT2D eigenvalue weighted by atomic mass is 10.0. The number of hydrogen-bond acceptors (Lipinski definition) is 8. The van der Waals surface area contributed by atoms with Crippen molar-refractivity contribution in [3.05, 3.63) is 18.0 Å². The Hall–Kier alpha value is -2.04. The van der Waals surface area contributed by atoms with Gasteiger partial charge in [-0.15, -0.1) is 0 Å². The number of piperidine rings is 1. The number of sulfonamides is 1. The van der Waals surface area contributed by atoms with E-state index in [4.69, 9.17) is 4.98 Å². The summed E-state index contributed by atoms with van der Waals surface area (Å²) < 4.78 is 24.9. The maximum atomic E-state index is 11.7. The highest BCUT2D eigenvalue weighted by Gasteiger charge is 2.37. The molecule has 0 spiro atoms. The number of rotatable bonds is 5. The third kappa shape index (κ3) is 4.35. The minimum absolute atomic E-state index is 0.0670. The van der Waals surface area contributed by atoms with Crippen LogP contribution in [0.15, 0.2) is 12.4 Å². The lowest BCUT2D eigenvalue weighted by Crippen LogP contribution is -2.42. The first-order valence-corrected chi connectivity index (χ1v) is 12.3. The minimum Gasteiger partial charge on any atom is -0.388 e. The molecule has 2 aromatic rings. The number of fused-ring (bicyclic) bond motifs is 1. The molecule has 30 heavy (non-hydrogen) atoms. The normalized spacial score (nSPS) is 26.2. The predicted molar refractivity (Wildman–Crippen MR) is 117 cm³/mol. The molecule has 10 heteroatoms. The zero-order chi connectivity index (χ0) is 21.5. The van der Waals surface area contributed by atoms with Gasteiger partial charge in [0.15, 0.2) is 5.82 Å². The van der Waals surface area contributed by atoms with Crippen LogP contribution in [0.2, 0.25) is 0 Å². The quantitative estimate of drug-likeness (QED) is 0.652. The number of pyridine rings is 1. The second-order valence-electron chi connectivity index (χ2n) is 8.77. The molecule has 0 radical (unpaired) electrons. The van der Waals surface area contributed by atoms with E-state index in [0.717, 1.165) is 35.7 Å². The Bertz CT molecular complexity index is 1030. The molecule has 1 unspecified atom stereocenters. The fourth-order valence-electron chi connectivity index (χ4n) is 4.37. The summed E-state index contributed by atoms with van der Waals surface area (Å²) in [6.45, 7) is 4.82. The first kappa shape index (κ1) is 21.2. The van der Waals surface area contributed by atoms with E-state index in [1.807, 2.05) is 13.8 Å². The van der Waals surface area contributed by atoms with Crippen molar-refractivity contribution in [3.63, 3.8) is 0 Å². The average Bonchev–Trinajstić information content (AvgIpc) is 3.02. The van der Waals surface area contributed by atoms with Gasteiger partial charge in [-0.3, -0.25) is 0 Å². The number of nitrogens with zero attached hydrogens (tertiary/aromatic N) is 4. The van der Waals surface area contributed by atoms with Gasteiger partial charge in [0.2, 0.25) is 16.0 Å². The van der Waals surface area contributed by atoms with E-state index in [0.29, 0.717) is 37.7 Å². The molecule has 1 saturated heterocycles. The van der Waals surface area contributed by atoms with Gasteiger partial charge in [-0.25, -0.2) is 27.7 Å². The lowest BCUT2D eigenvalue weighted by Gasteiger charge is -2.30. The molecule has 164 valence electrons. The maximum Gasteiger partial charge on any atom is 0.223 e. The van der Waals surface area contributed by atoms with Crippen LogP contribution < -0.4 is 10.6 Å². The van der Waals surface area contributed by atoms with Crippen molar-refractivity contribution in [2.24, 2.45) is 0 Å². The van der Waals surface area contributed by atoms with E-state index in [1.54, 1.807) is 12.4 Å². The molecule has 1 aliphatic carbocycles. The van der Waals surface area contributed by atoms with Crippen LogP contribution in [0.4, 0.5) is 11.8 Å². The van der Waals surface area contributed by atoms with E-state index < -0.39 is 15.6 Å². The fraction of sp³-hybridized carbons (Fsp3) is 0.650. The molecular weight excluding hydrogens is 404 g/mol. The second-order valence-corrected chi connectivity index (χ2v) is 10.8. The molecule has 0 aromatic carbocycles. The van der Waals surface area contributed by atoms with E-state index in [-0.39, 0.29) is 12.1 Å². The number of anilines is 2. The molecule has 2 aliphatic rings. The summed E-state index contributed by atoms with van der Waals surface area (Å²) in [5.41, 5.74) is 0.950.